The number of carbonyl (C=O) groups excluding carboxylic acids is 1. The highest BCUT2D eigenvalue weighted by Gasteiger charge is 2.08. The highest BCUT2D eigenvalue weighted by molar-refractivity contribution is 5.92. The van der Waals surface area contributed by atoms with Crippen molar-refractivity contribution in [2.24, 2.45) is 0 Å². The van der Waals surface area contributed by atoms with Crippen LogP contribution in [0.1, 0.15) is 48.9 Å². The van der Waals surface area contributed by atoms with Crippen LogP contribution in [0.4, 0.5) is 0 Å². The lowest BCUT2D eigenvalue weighted by Crippen LogP contribution is -2.04. The summed E-state index contributed by atoms with van der Waals surface area (Å²) in [5.41, 5.74) is 6.14. The van der Waals surface area contributed by atoms with Crippen LogP contribution >= 0.6 is 0 Å². The van der Waals surface area contributed by atoms with Gasteiger partial charge in [-0.1, -0.05) is 37.1 Å². The van der Waals surface area contributed by atoms with Crippen molar-refractivity contribution in [3.8, 4) is 0 Å². The zero-order chi connectivity index (χ0) is 13.7. The number of aryl methyl sites for hydroxylation is 3. The molecule has 0 spiro atoms. The third-order valence-corrected chi connectivity index (χ3v) is 3.46. The molecule has 1 rings (SSSR count). The summed E-state index contributed by atoms with van der Waals surface area (Å²) in [4.78, 5) is 12.1. The monoisotopic (exact) mass is 244 g/mol. The first-order valence-corrected chi connectivity index (χ1v) is 6.76. The lowest BCUT2D eigenvalue weighted by Gasteiger charge is -2.10. The first kappa shape index (κ1) is 14.7. The van der Waals surface area contributed by atoms with Crippen LogP contribution in [-0.2, 0) is 11.2 Å². The third kappa shape index (κ3) is 3.83. The molecule has 0 N–H and O–H groups in total. The van der Waals surface area contributed by atoms with Gasteiger partial charge in [0.2, 0.25) is 0 Å². The van der Waals surface area contributed by atoms with Gasteiger partial charge in [0.25, 0.3) is 0 Å². The Bertz CT molecular complexity index is 437. The van der Waals surface area contributed by atoms with Crippen molar-refractivity contribution < 1.29 is 4.79 Å². The first-order chi connectivity index (χ1) is 8.47. The van der Waals surface area contributed by atoms with E-state index in [-0.39, 0.29) is 5.78 Å². The van der Waals surface area contributed by atoms with E-state index in [0.717, 1.165) is 12.8 Å². The summed E-state index contributed by atoms with van der Waals surface area (Å²) in [5.74, 6) is 0.226. The molecule has 1 aromatic carbocycles. The highest BCUT2D eigenvalue weighted by Crippen LogP contribution is 2.18. The van der Waals surface area contributed by atoms with E-state index in [2.05, 4.69) is 46.8 Å². The van der Waals surface area contributed by atoms with Crippen LogP contribution < -0.4 is 0 Å². The van der Waals surface area contributed by atoms with Gasteiger partial charge in [0.15, 0.2) is 5.78 Å². The number of hydrogen-bond acceptors (Lipinski definition) is 1. The molecule has 1 heteroatoms. The summed E-state index contributed by atoms with van der Waals surface area (Å²) in [5, 5.41) is 0. The van der Waals surface area contributed by atoms with E-state index in [4.69, 9.17) is 0 Å². The minimum atomic E-state index is 0.226. The van der Waals surface area contributed by atoms with E-state index >= 15 is 0 Å². The molecule has 0 unspecified atom stereocenters. The Morgan fingerprint density at radius 2 is 1.56 bits per heavy atom. The van der Waals surface area contributed by atoms with Crippen LogP contribution in [-0.4, -0.2) is 5.78 Å². The molecule has 0 heterocycles. The third-order valence-electron chi connectivity index (χ3n) is 3.46. The van der Waals surface area contributed by atoms with Crippen molar-refractivity contribution in [3.05, 3.63) is 46.0 Å². The maximum Gasteiger partial charge on any atom is 0.160 e. The molecule has 0 atom stereocenters. The highest BCUT2D eigenvalue weighted by atomic mass is 16.1. The average Bonchev–Trinajstić information content (AvgIpc) is 2.30. The van der Waals surface area contributed by atoms with E-state index in [9.17, 15) is 4.79 Å². The van der Waals surface area contributed by atoms with Crippen LogP contribution in [0.15, 0.2) is 23.8 Å². The molecular formula is C17H24O. The number of allylic oxidation sites excluding steroid dienone is 2. The fraction of sp³-hybridized carbons (Fsp3) is 0.471. The predicted octanol–water partition coefficient (Wildman–Crippen LogP) is 4.47. The normalized spacial score (nSPS) is 10.3. The smallest absolute Gasteiger partial charge is 0.160 e. The van der Waals surface area contributed by atoms with Gasteiger partial charge >= 0.3 is 0 Å². The SMILES string of the molecule is CCC(=CC(=O)Cc1c(C)cc(C)cc1C)CC. The minimum Gasteiger partial charge on any atom is -0.294 e. The van der Waals surface area contributed by atoms with Crippen LogP contribution in [0.5, 0.6) is 0 Å². The standard InChI is InChI=1S/C17H24O/c1-6-15(7-2)10-16(18)11-17-13(4)8-12(3)9-14(17)5/h8-10H,6-7,11H2,1-5H3. The molecule has 0 fully saturated rings. The summed E-state index contributed by atoms with van der Waals surface area (Å²) in [6, 6.07) is 4.31. The summed E-state index contributed by atoms with van der Waals surface area (Å²) < 4.78 is 0. The van der Waals surface area contributed by atoms with E-state index in [0.29, 0.717) is 6.42 Å². The van der Waals surface area contributed by atoms with Crippen molar-refractivity contribution in [3.63, 3.8) is 0 Å². The van der Waals surface area contributed by atoms with Crippen molar-refractivity contribution in [2.75, 3.05) is 0 Å². The number of benzene rings is 1. The van der Waals surface area contributed by atoms with Gasteiger partial charge < -0.3 is 0 Å². The van der Waals surface area contributed by atoms with Crippen LogP contribution in [0.2, 0.25) is 0 Å². The topological polar surface area (TPSA) is 17.1 Å². The largest absolute Gasteiger partial charge is 0.294 e. The maximum absolute atomic E-state index is 12.1. The van der Waals surface area contributed by atoms with Gasteiger partial charge in [0.05, 0.1) is 0 Å². The molecule has 0 aliphatic heterocycles. The summed E-state index contributed by atoms with van der Waals surface area (Å²) in [7, 11) is 0. The Hall–Kier alpha value is -1.37. The number of rotatable bonds is 5. The molecule has 0 amide bonds. The molecule has 18 heavy (non-hydrogen) atoms. The zero-order valence-electron chi connectivity index (χ0n) is 12.3. The van der Waals surface area contributed by atoms with Crippen LogP contribution in [0.25, 0.3) is 0 Å². The average molecular weight is 244 g/mol. The predicted molar refractivity (Wildman–Crippen MR) is 78.0 cm³/mol. The molecule has 98 valence electrons. The van der Waals surface area contributed by atoms with Gasteiger partial charge in [-0.05, 0) is 56.4 Å². The Morgan fingerprint density at radius 3 is 2.00 bits per heavy atom. The zero-order valence-corrected chi connectivity index (χ0v) is 12.3. The van der Waals surface area contributed by atoms with Crippen LogP contribution in [0.3, 0.4) is 0 Å². The molecule has 0 saturated heterocycles. The summed E-state index contributed by atoms with van der Waals surface area (Å²) in [6.45, 7) is 10.5. The quantitative estimate of drug-likeness (QED) is 0.698. The Balaban J connectivity index is 2.92. The molecule has 0 radical (unpaired) electrons. The Kier molecular flexibility index (Phi) is 5.33. The number of carbonyl (C=O) groups is 1. The fourth-order valence-electron chi connectivity index (χ4n) is 2.40. The Labute approximate surface area is 111 Å². The molecule has 0 aromatic heterocycles. The molecule has 1 nitrogen and oxygen atoms in total. The van der Waals surface area contributed by atoms with E-state index < -0.39 is 0 Å². The Morgan fingerprint density at radius 1 is 1.06 bits per heavy atom. The van der Waals surface area contributed by atoms with E-state index in [1.807, 2.05) is 6.08 Å². The molecule has 0 aliphatic carbocycles. The number of ketones is 1. The first-order valence-electron chi connectivity index (χ1n) is 6.76. The van der Waals surface area contributed by atoms with Crippen molar-refractivity contribution in [1.29, 1.82) is 0 Å². The van der Waals surface area contributed by atoms with Gasteiger partial charge in [-0.15, -0.1) is 0 Å². The minimum absolute atomic E-state index is 0.226. The molecule has 1 aromatic rings. The number of hydrogen-bond donors (Lipinski definition) is 0. The van der Waals surface area contributed by atoms with Crippen molar-refractivity contribution in [2.45, 2.75) is 53.9 Å². The second-order valence-electron chi connectivity index (χ2n) is 5.03. The molecule has 0 bridgehead atoms. The molecule has 0 saturated carbocycles. The van der Waals surface area contributed by atoms with Gasteiger partial charge in [-0.25, -0.2) is 0 Å². The van der Waals surface area contributed by atoms with Gasteiger partial charge in [0, 0.05) is 6.42 Å². The lowest BCUT2D eigenvalue weighted by atomic mass is 9.95. The molecular weight excluding hydrogens is 220 g/mol. The maximum atomic E-state index is 12.1. The van der Waals surface area contributed by atoms with Crippen molar-refractivity contribution >= 4 is 5.78 Å². The second-order valence-corrected chi connectivity index (χ2v) is 5.03. The van der Waals surface area contributed by atoms with E-state index in [1.165, 1.54) is 27.8 Å². The fourth-order valence-corrected chi connectivity index (χ4v) is 2.40. The second kappa shape index (κ2) is 6.53. The van der Waals surface area contributed by atoms with Gasteiger partial charge in [-0.2, -0.15) is 0 Å². The molecule has 0 aliphatic rings. The van der Waals surface area contributed by atoms with E-state index in [1.54, 1.807) is 0 Å². The summed E-state index contributed by atoms with van der Waals surface area (Å²) >= 11 is 0. The van der Waals surface area contributed by atoms with Gasteiger partial charge in [0.1, 0.15) is 0 Å². The van der Waals surface area contributed by atoms with Crippen molar-refractivity contribution in [1.82, 2.24) is 0 Å². The summed E-state index contributed by atoms with van der Waals surface area (Å²) in [6.07, 6.45) is 4.29. The lowest BCUT2D eigenvalue weighted by molar-refractivity contribution is -0.114. The van der Waals surface area contributed by atoms with Crippen LogP contribution in [0, 0.1) is 20.8 Å². The van der Waals surface area contributed by atoms with Gasteiger partial charge in [-0.3, -0.25) is 4.79 Å².